The molecule has 58 heavy (non-hydrogen) atoms. The zero-order valence-corrected chi connectivity index (χ0v) is 29.9. The van der Waals surface area contributed by atoms with Gasteiger partial charge in [-0.1, -0.05) is 0 Å². The molecule has 2 aliphatic carbocycles. The monoisotopic (exact) mass is 810 g/mol. The van der Waals surface area contributed by atoms with Crippen LogP contribution in [0.5, 0.6) is 0 Å². The molecule has 2 saturated carbocycles. The Labute approximate surface area is 322 Å². The smallest absolute Gasteiger partial charge is 0.282 e. The molecule has 0 unspecified atom stereocenters. The maximum Gasteiger partial charge on any atom is 0.282 e. The van der Waals surface area contributed by atoms with Crippen LogP contribution in [0.4, 0.5) is 57.9 Å². The minimum atomic E-state index is -2.70. The van der Waals surface area contributed by atoms with Crippen molar-refractivity contribution in [1.82, 2.24) is 29.5 Å². The van der Waals surface area contributed by atoms with Crippen LogP contribution in [-0.2, 0) is 9.59 Å². The van der Waals surface area contributed by atoms with Crippen molar-refractivity contribution in [3.05, 3.63) is 85.0 Å². The van der Waals surface area contributed by atoms with Crippen molar-refractivity contribution in [2.75, 3.05) is 46.6 Å². The van der Waals surface area contributed by atoms with Crippen LogP contribution in [0.1, 0.15) is 12.8 Å². The summed E-state index contributed by atoms with van der Waals surface area (Å²) in [4.78, 5) is 35.1. The summed E-state index contributed by atoms with van der Waals surface area (Å²) in [5.74, 6) is -8.76. The second kappa shape index (κ2) is 13.7. The van der Waals surface area contributed by atoms with Crippen LogP contribution in [0.15, 0.2) is 73.3 Å². The van der Waals surface area contributed by atoms with Gasteiger partial charge in [0, 0.05) is 34.5 Å². The van der Waals surface area contributed by atoms with Crippen LogP contribution >= 0.6 is 0 Å². The SMILES string of the molecule is O=C(Nc1ccc(F)c(-n2cc3cc(N4CC(F)(F)C4)cnc3n2)c1)[C@@H]1C[C@H]1F.O=C(Nc1ccc(F)c(-n2cc3cc(N4CC(F)(F)C4)cnc3n2)c1)[C@H]1C[C@@H]1F. The van der Waals surface area contributed by atoms with Crippen molar-refractivity contribution < 1.29 is 44.7 Å². The van der Waals surface area contributed by atoms with Gasteiger partial charge in [0.05, 0.1) is 61.8 Å². The van der Waals surface area contributed by atoms with Crippen molar-refractivity contribution in [2.45, 2.75) is 37.0 Å². The lowest BCUT2D eigenvalue weighted by Crippen LogP contribution is -2.56. The minimum absolute atomic E-state index is 0.0745. The van der Waals surface area contributed by atoms with Gasteiger partial charge in [0.25, 0.3) is 11.8 Å². The fraction of sp³-hybridized carbons (Fsp3) is 0.316. The molecule has 0 spiro atoms. The summed E-state index contributed by atoms with van der Waals surface area (Å²) in [6.07, 6.45) is 4.10. The Morgan fingerprint density at radius 1 is 0.621 bits per heavy atom. The third kappa shape index (κ3) is 7.45. The number of nitrogens with zero attached hydrogens (tertiary/aromatic N) is 8. The van der Waals surface area contributed by atoms with E-state index in [9.17, 15) is 44.7 Å². The Balaban J connectivity index is 0.000000150. The second-order valence-corrected chi connectivity index (χ2v) is 14.8. The van der Waals surface area contributed by atoms with Crippen molar-refractivity contribution in [2.24, 2.45) is 11.8 Å². The Hall–Kier alpha value is -6.34. The summed E-state index contributed by atoms with van der Waals surface area (Å²) < 4.78 is 110. The van der Waals surface area contributed by atoms with E-state index in [1.165, 1.54) is 80.3 Å². The lowest BCUT2D eigenvalue weighted by atomic mass is 10.1. The van der Waals surface area contributed by atoms with E-state index in [1.54, 1.807) is 12.1 Å². The van der Waals surface area contributed by atoms with Gasteiger partial charge in [0.15, 0.2) is 11.3 Å². The number of amides is 2. The summed E-state index contributed by atoms with van der Waals surface area (Å²) in [6.45, 7) is -1.48. The maximum atomic E-state index is 14.4. The standard InChI is InChI=1S/2C19H15F4N5O/c2*20-14-2-1-11(25-18(29)13-5-15(13)21)4-16(14)28-7-10-3-12(6-24-17(10)26-28)27-8-19(22,23)9-27/h2*1-4,6-7,13,15H,5,8-9H2,(H,25,29)/t2*13-,15-/m10/s1. The van der Waals surface area contributed by atoms with Crippen molar-refractivity contribution in [3.63, 3.8) is 0 Å². The van der Waals surface area contributed by atoms with E-state index in [-0.39, 0.29) is 50.4 Å². The molecule has 12 nitrogen and oxygen atoms in total. The molecule has 6 heterocycles. The number of pyridine rings is 2. The summed E-state index contributed by atoms with van der Waals surface area (Å²) in [5.41, 5.74) is 2.52. The van der Waals surface area contributed by atoms with Gasteiger partial charge < -0.3 is 20.4 Å². The number of alkyl halides is 6. The number of carbonyl (C=O) groups is 2. The highest BCUT2D eigenvalue weighted by atomic mass is 19.3. The number of aromatic nitrogens is 6. The number of hydrogen-bond donors (Lipinski definition) is 2. The van der Waals surface area contributed by atoms with Crippen LogP contribution in [0.25, 0.3) is 33.4 Å². The summed E-state index contributed by atoms with van der Waals surface area (Å²) in [5, 5.41) is 14.7. The first-order valence-corrected chi connectivity index (χ1v) is 18.0. The average molecular weight is 811 g/mol. The molecule has 2 saturated heterocycles. The fourth-order valence-electron chi connectivity index (χ4n) is 6.66. The van der Waals surface area contributed by atoms with E-state index >= 15 is 0 Å². The van der Waals surface area contributed by atoms with Crippen LogP contribution in [0.3, 0.4) is 0 Å². The molecule has 2 aromatic carbocycles. The number of benzene rings is 2. The third-order valence-corrected chi connectivity index (χ3v) is 10.1. The third-order valence-electron chi connectivity index (χ3n) is 10.1. The van der Waals surface area contributed by atoms with E-state index in [2.05, 4.69) is 30.8 Å². The van der Waals surface area contributed by atoms with Crippen LogP contribution in [0, 0.1) is 23.5 Å². The number of fused-ring (bicyclic) bond motifs is 2. The quantitative estimate of drug-likeness (QED) is 0.165. The van der Waals surface area contributed by atoms with E-state index in [4.69, 9.17) is 0 Å². The molecule has 300 valence electrons. The molecular weight excluding hydrogens is 780 g/mol. The van der Waals surface area contributed by atoms with Gasteiger partial charge in [-0.15, -0.1) is 10.2 Å². The summed E-state index contributed by atoms with van der Waals surface area (Å²) in [6, 6.07) is 11.2. The molecule has 2 amide bonds. The van der Waals surface area contributed by atoms with Crippen LogP contribution < -0.4 is 20.4 Å². The van der Waals surface area contributed by atoms with Gasteiger partial charge in [-0.3, -0.25) is 9.59 Å². The molecule has 20 heteroatoms. The fourth-order valence-corrected chi connectivity index (χ4v) is 6.66. The molecule has 0 radical (unpaired) electrons. The Bertz CT molecular complexity index is 2420. The Kier molecular flexibility index (Phi) is 8.77. The van der Waals surface area contributed by atoms with Gasteiger partial charge in [0.1, 0.15) is 35.4 Å². The Morgan fingerprint density at radius 2 is 1.00 bits per heavy atom. The van der Waals surface area contributed by atoms with Gasteiger partial charge >= 0.3 is 0 Å². The lowest BCUT2D eigenvalue weighted by molar-refractivity contribution is -0.118. The second-order valence-electron chi connectivity index (χ2n) is 14.8. The molecular formula is C38H30F8N10O2. The lowest BCUT2D eigenvalue weighted by Gasteiger charge is -2.40. The largest absolute Gasteiger partial charge is 0.358 e. The first kappa shape index (κ1) is 37.2. The highest BCUT2D eigenvalue weighted by Crippen LogP contribution is 2.37. The average Bonchev–Trinajstić information content (AvgIpc) is 3.97. The molecule has 6 aromatic rings. The van der Waals surface area contributed by atoms with E-state index in [0.717, 1.165) is 0 Å². The summed E-state index contributed by atoms with van der Waals surface area (Å²) >= 11 is 0. The number of halogens is 8. The molecule has 2 aliphatic heterocycles. The number of rotatable bonds is 8. The first-order chi connectivity index (χ1) is 27.6. The summed E-state index contributed by atoms with van der Waals surface area (Å²) in [7, 11) is 0. The van der Waals surface area contributed by atoms with Gasteiger partial charge in [0.2, 0.25) is 11.8 Å². The predicted octanol–water partition coefficient (Wildman–Crippen LogP) is 6.62. The molecule has 10 rings (SSSR count). The van der Waals surface area contributed by atoms with Crippen molar-refractivity contribution >= 4 is 56.6 Å². The van der Waals surface area contributed by atoms with E-state index in [0.29, 0.717) is 44.8 Å². The molecule has 4 atom stereocenters. The zero-order chi connectivity index (χ0) is 40.7. The topological polar surface area (TPSA) is 126 Å². The number of carbonyl (C=O) groups excluding carboxylic acids is 2. The van der Waals surface area contributed by atoms with Gasteiger partial charge in [-0.2, -0.15) is 0 Å². The van der Waals surface area contributed by atoms with Crippen molar-refractivity contribution in [1.29, 1.82) is 0 Å². The maximum absolute atomic E-state index is 14.4. The van der Waals surface area contributed by atoms with Gasteiger partial charge in [-0.05, 0) is 61.4 Å². The molecule has 0 bridgehead atoms. The van der Waals surface area contributed by atoms with Crippen molar-refractivity contribution in [3.8, 4) is 11.4 Å². The van der Waals surface area contributed by atoms with Crippen LogP contribution in [0.2, 0.25) is 0 Å². The highest BCUT2D eigenvalue weighted by Gasteiger charge is 2.46. The minimum Gasteiger partial charge on any atom is -0.358 e. The number of anilines is 4. The number of hydrogen-bond acceptors (Lipinski definition) is 8. The molecule has 2 N–H and O–H groups in total. The molecule has 4 fully saturated rings. The Morgan fingerprint density at radius 3 is 1.34 bits per heavy atom. The zero-order valence-electron chi connectivity index (χ0n) is 29.9. The normalized spacial score (nSPS) is 22.4. The van der Waals surface area contributed by atoms with Crippen LogP contribution in [-0.4, -0.2) is 91.7 Å². The molecule has 4 aliphatic rings. The van der Waals surface area contributed by atoms with E-state index < -0.39 is 59.5 Å². The highest BCUT2D eigenvalue weighted by molar-refractivity contribution is 5.95. The predicted molar refractivity (Wildman–Crippen MR) is 195 cm³/mol. The molecule has 4 aromatic heterocycles. The first-order valence-electron chi connectivity index (χ1n) is 18.0. The van der Waals surface area contributed by atoms with E-state index in [1.807, 2.05) is 0 Å². The van der Waals surface area contributed by atoms with Gasteiger partial charge in [-0.25, -0.2) is 54.5 Å². The number of nitrogens with one attached hydrogen (secondary N) is 2.